The standard InChI is InChI=1S/C14H14F3NO2S2/c15-14(16,17)6-5-13(20)18-8-9(19)10-3-4-12(22-10)11-2-1-7-21-11/h1-4,7,9,19H,5-6,8H2,(H,18,20). The number of alkyl halides is 3. The summed E-state index contributed by atoms with van der Waals surface area (Å²) in [5, 5.41) is 14.3. The van der Waals surface area contributed by atoms with Gasteiger partial charge in [-0.2, -0.15) is 13.2 Å². The number of amides is 1. The van der Waals surface area contributed by atoms with Crippen LogP contribution in [-0.2, 0) is 4.79 Å². The molecule has 1 atom stereocenters. The van der Waals surface area contributed by atoms with Gasteiger partial charge in [-0.15, -0.1) is 22.7 Å². The second kappa shape index (κ2) is 7.26. The molecule has 8 heteroatoms. The minimum Gasteiger partial charge on any atom is -0.386 e. The van der Waals surface area contributed by atoms with E-state index in [-0.39, 0.29) is 6.54 Å². The zero-order chi connectivity index (χ0) is 16.2. The number of hydrogen-bond acceptors (Lipinski definition) is 4. The summed E-state index contributed by atoms with van der Waals surface area (Å²) in [6.45, 7) is -0.0961. The Kier molecular flexibility index (Phi) is 5.60. The van der Waals surface area contributed by atoms with Crippen LogP contribution in [-0.4, -0.2) is 23.7 Å². The average Bonchev–Trinajstić information content (AvgIpc) is 3.11. The van der Waals surface area contributed by atoms with Crippen molar-refractivity contribution in [1.82, 2.24) is 5.32 Å². The van der Waals surface area contributed by atoms with Gasteiger partial charge < -0.3 is 10.4 Å². The first-order valence-corrected chi connectivity index (χ1v) is 8.20. The highest BCUT2D eigenvalue weighted by atomic mass is 32.1. The molecule has 2 rings (SSSR count). The van der Waals surface area contributed by atoms with E-state index in [4.69, 9.17) is 0 Å². The molecule has 0 aliphatic carbocycles. The van der Waals surface area contributed by atoms with E-state index in [2.05, 4.69) is 5.32 Å². The molecule has 1 unspecified atom stereocenters. The Morgan fingerprint density at radius 3 is 2.68 bits per heavy atom. The third-order valence-electron chi connectivity index (χ3n) is 2.85. The summed E-state index contributed by atoms with van der Waals surface area (Å²) < 4.78 is 36.0. The van der Waals surface area contributed by atoms with E-state index in [1.54, 1.807) is 17.4 Å². The molecule has 2 heterocycles. The van der Waals surface area contributed by atoms with Crippen molar-refractivity contribution >= 4 is 28.6 Å². The Bertz CT molecular complexity index is 608. The molecule has 0 saturated heterocycles. The Hall–Kier alpha value is -1.38. The zero-order valence-electron chi connectivity index (χ0n) is 11.4. The lowest BCUT2D eigenvalue weighted by atomic mass is 10.2. The van der Waals surface area contributed by atoms with Crippen molar-refractivity contribution in [2.75, 3.05) is 6.54 Å². The molecule has 1 amide bonds. The summed E-state index contributed by atoms with van der Waals surface area (Å²) in [5.74, 6) is -0.716. The molecule has 22 heavy (non-hydrogen) atoms. The number of aliphatic hydroxyl groups is 1. The number of nitrogens with one attached hydrogen (secondary N) is 1. The van der Waals surface area contributed by atoms with Gasteiger partial charge in [0.15, 0.2) is 0 Å². The Morgan fingerprint density at radius 2 is 2.05 bits per heavy atom. The van der Waals surface area contributed by atoms with Crippen molar-refractivity contribution in [1.29, 1.82) is 0 Å². The lowest BCUT2D eigenvalue weighted by Crippen LogP contribution is -2.29. The molecule has 0 bridgehead atoms. The third-order valence-corrected chi connectivity index (χ3v) is 5.10. The molecule has 0 saturated carbocycles. The predicted molar refractivity (Wildman–Crippen MR) is 80.9 cm³/mol. The lowest BCUT2D eigenvalue weighted by molar-refractivity contribution is -0.144. The highest BCUT2D eigenvalue weighted by Crippen LogP contribution is 2.33. The quantitative estimate of drug-likeness (QED) is 0.829. The third kappa shape index (κ3) is 5.11. The summed E-state index contributed by atoms with van der Waals surface area (Å²) >= 11 is 2.98. The Balaban J connectivity index is 1.82. The predicted octanol–water partition coefficient (Wildman–Crippen LogP) is 3.97. The van der Waals surface area contributed by atoms with Crippen molar-refractivity contribution in [3.8, 4) is 9.75 Å². The van der Waals surface area contributed by atoms with Gasteiger partial charge >= 0.3 is 6.18 Å². The first-order chi connectivity index (χ1) is 10.3. The molecule has 0 aliphatic rings. The van der Waals surface area contributed by atoms with E-state index in [9.17, 15) is 23.1 Å². The Morgan fingerprint density at radius 1 is 1.27 bits per heavy atom. The van der Waals surface area contributed by atoms with Crippen LogP contribution in [0.4, 0.5) is 13.2 Å². The fourth-order valence-corrected chi connectivity index (χ4v) is 3.57. The van der Waals surface area contributed by atoms with Gasteiger partial charge in [-0.3, -0.25) is 4.79 Å². The van der Waals surface area contributed by atoms with Crippen LogP contribution >= 0.6 is 22.7 Å². The van der Waals surface area contributed by atoms with Crippen LogP contribution in [0.15, 0.2) is 29.6 Å². The van der Waals surface area contributed by atoms with Crippen molar-refractivity contribution < 1.29 is 23.1 Å². The summed E-state index contributed by atoms with van der Waals surface area (Å²) in [7, 11) is 0. The molecule has 0 aromatic carbocycles. The van der Waals surface area contributed by atoms with Crippen molar-refractivity contribution in [3.05, 3.63) is 34.5 Å². The second-order valence-corrected chi connectivity index (χ2v) is 6.68. The molecule has 0 aliphatic heterocycles. The number of aliphatic hydroxyl groups excluding tert-OH is 1. The number of carbonyl (C=O) groups excluding carboxylic acids is 1. The highest BCUT2D eigenvalue weighted by molar-refractivity contribution is 7.21. The topological polar surface area (TPSA) is 49.3 Å². The normalized spacial score (nSPS) is 13.1. The molecule has 3 nitrogen and oxygen atoms in total. The maximum atomic E-state index is 12.0. The molecule has 0 spiro atoms. The fourth-order valence-electron chi connectivity index (χ4n) is 1.74. The largest absolute Gasteiger partial charge is 0.389 e. The lowest BCUT2D eigenvalue weighted by Gasteiger charge is -2.11. The van der Waals surface area contributed by atoms with E-state index in [1.165, 1.54) is 11.3 Å². The van der Waals surface area contributed by atoms with Crippen molar-refractivity contribution in [2.45, 2.75) is 25.1 Å². The molecule has 0 radical (unpaired) electrons. The van der Waals surface area contributed by atoms with E-state index < -0.39 is 31.0 Å². The van der Waals surface area contributed by atoms with Gasteiger partial charge in [0.2, 0.25) is 5.91 Å². The summed E-state index contributed by atoms with van der Waals surface area (Å²) in [6.07, 6.45) is -7.05. The molecular weight excluding hydrogens is 335 g/mol. The van der Waals surface area contributed by atoms with E-state index in [0.717, 1.165) is 9.75 Å². The SMILES string of the molecule is O=C(CCC(F)(F)F)NCC(O)c1ccc(-c2cccs2)s1. The second-order valence-electron chi connectivity index (χ2n) is 4.61. The number of carbonyl (C=O) groups is 1. The van der Waals surface area contributed by atoms with Crippen molar-refractivity contribution in [3.63, 3.8) is 0 Å². The van der Waals surface area contributed by atoms with Crippen LogP contribution in [0.5, 0.6) is 0 Å². The molecule has 0 fully saturated rings. The monoisotopic (exact) mass is 349 g/mol. The van der Waals surface area contributed by atoms with Gasteiger partial charge in [0, 0.05) is 27.6 Å². The number of hydrogen-bond donors (Lipinski definition) is 2. The van der Waals surface area contributed by atoms with Crippen LogP contribution in [0.3, 0.4) is 0 Å². The van der Waals surface area contributed by atoms with E-state index in [1.807, 2.05) is 23.6 Å². The van der Waals surface area contributed by atoms with E-state index in [0.29, 0.717) is 4.88 Å². The summed E-state index contributed by atoms with van der Waals surface area (Å²) in [5.41, 5.74) is 0. The summed E-state index contributed by atoms with van der Waals surface area (Å²) in [6, 6.07) is 7.52. The molecule has 2 N–H and O–H groups in total. The molecule has 2 aromatic heterocycles. The molecule has 120 valence electrons. The van der Waals surface area contributed by atoms with Crippen LogP contribution in [0.25, 0.3) is 9.75 Å². The Labute approximate surface area is 133 Å². The van der Waals surface area contributed by atoms with Gasteiger partial charge in [0.05, 0.1) is 6.42 Å². The maximum absolute atomic E-state index is 12.0. The first kappa shape index (κ1) is 17.0. The first-order valence-electron chi connectivity index (χ1n) is 6.50. The minimum atomic E-state index is -4.35. The van der Waals surface area contributed by atoms with Crippen molar-refractivity contribution in [2.24, 2.45) is 0 Å². The van der Waals surface area contributed by atoms with Crippen LogP contribution in [0, 0.1) is 0 Å². The smallest absolute Gasteiger partial charge is 0.386 e. The number of rotatable bonds is 6. The maximum Gasteiger partial charge on any atom is 0.389 e. The average molecular weight is 349 g/mol. The summed E-state index contributed by atoms with van der Waals surface area (Å²) in [4.78, 5) is 14.1. The van der Waals surface area contributed by atoms with Gasteiger partial charge in [-0.1, -0.05) is 6.07 Å². The highest BCUT2D eigenvalue weighted by Gasteiger charge is 2.27. The van der Waals surface area contributed by atoms with Crippen LogP contribution in [0.1, 0.15) is 23.8 Å². The minimum absolute atomic E-state index is 0.0961. The number of halogens is 3. The molecular formula is C14H14F3NO2S2. The van der Waals surface area contributed by atoms with Gasteiger partial charge in [0.1, 0.15) is 6.10 Å². The fraction of sp³-hybridized carbons (Fsp3) is 0.357. The molecule has 2 aromatic rings. The van der Waals surface area contributed by atoms with Gasteiger partial charge in [-0.25, -0.2) is 0 Å². The van der Waals surface area contributed by atoms with E-state index >= 15 is 0 Å². The zero-order valence-corrected chi connectivity index (χ0v) is 13.0. The van der Waals surface area contributed by atoms with Gasteiger partial charge in [-0.05, 0) is 23.6 Å². The van der Waals surface area contributed by atoms with Crippen LogP contribution < -0.4 is 5.32 Å². The number of thiophene rings is 2. The van der Waals surface area contributed by atoms with Gasteiger partial charge in [0.25, 0.3) is 0 Å². The van der Waals surface area contributed by atoms with Crippen LogP contribution in [0.2, 0.25) is 0 Å².